The molecule has 2 amide bonds. The Hall–Kier alpha value is -3.19. The molecule has 1 N–H and O–H groups in total. The number of anilines is 2. The lowest BCUT2D eigenvalue weighted by Gasteiger charge is -2.14. The minimum absolute atomic E-state index is 0.0359. The summed E-state index contributed by atoms with van der Waals surface area (Å²) < 4.78 is 0. The van der Waals surface area contributed by atoms with Crippen LogP contribution in [0.4, 0.5) is 17.1 Å². The quantitative estimate of drug-likeness (QED) is 0.523. The molecule has 0 fully saturated rings. The number of para-hydroxylation sites is 1. The van der Waals surface area contributed by atoms with Gasteiger partial charge in [-0.25, -0.2) is 4.90 Å². The Balaban J connectivity index is 1.89. The van der Waals surface area contributed by atoms with Crippen LogP contribution in [0.3, 0.4) is 0 Å². The van der Waals surface area contributed by atoms with Crippen LogP contribution in [0.1, 0.15) is 0 Å². The molecular weight excluding hydrogens is 334 g/mol. The van der Waals surface area contributed by atoms with Crippen molar-refractivity contribution >= 4 is 40.5 Å². The van der Waals surface area contributed by atoms with Gasteiger partial charge in [0, 0.05) is 17.8 Å². The minimum atomic E-state index is -0.686. The van der Waals surface area contributed by atoms with Gasteiger partial charge in [-0.05, 0) is 24.3 Å². The number of halogens is 1. The smallest absolute Gasteiger partial charge is 0.283 e. The first-order chi connectivity index (χ1) is 11.5. The molecule has 0 radical (unpaired) electrons. The number of hydrogen-bond acceptors (Lipinski definition) is 5. The zero-order valence-corrected chi connectivity index (χ0v) is 12.9. The van der Waals surface area contributed by atoms with Crippen LogP contribution in [-0.2, 0) is 9.59 Å². The van der Waals surface area contributed by atoms with Gasteiger partial charge in [-0.2, -0.15) is 0 Å². The highest BCUT2D eigenvalue weighted by atomic mass is 35.5. The normalized spacial score (nSPS) is 14.3. The largest absolute Gasteiger partial charge is 0.350 e. The van der Waals surface area contributed by atoms with Crippen LogP contribution >= 0.6 is 11.6 Å². The molecule has 0 saturated heterocycles. The van der Waals surface area contributed by atoms with Gasteiger partial charge in [0.05, 0.1) is 10.6 Å². The van der Waals surface area contributed by atoms with Gasteiger partial charge in [0.1, 0.15) is 10.7 Å². The SMILES string of the molecule is O=C1C(Cl)=C(Nc2ccccc2)C(=O)N1c1ccc([N+](=O)[O-])cc1. The van der Waals surface area contributed by atoms with E-state index in [1.54, 1.807) is 24.3 Å². The third kappa shape index (κ3) is 2.72. The van der Waals surface area contributed by atoms with E-state index in [0.29, 0.717) is 5.69 Å². The second-order valence-corrected chi connectivity index (χ2v) is 5.28. The number of hydrogen-bond donors (Lipinski definition) is 1. The molecule has 7 nitrogen and oxygen atoms in total. The predicted octanol–water partition coefficient (Wildman–Crippen LogP) is 3.03. The molecule has 3 rings (SSSR count). The van der Waals surface area contributed by atoms with E-state index in [-0.39, 0.29) is 22.1 Å². The van der Waals surface area contributed by atoms with Crippen LogP contribution in [0.2, 0.25) is 0 Å². The fourth-order valence-electron chi connectivity index (χ4n) is 2.24. The average Bonchev–Trinajstić information content (AvgIpc) is 2.79. The van der Waals surface area contributed by atoms with Crippen molar-refractivity contribution in [1.29, 1.82) is 0 Å². The molecule has 1 heterocycles. The summed E-state index contributed by atoms with van der Waals surface area (Å²) in [5.74, 6) is -1.31. The first kappa shape index (κ1) is 15.7. The fraction of sp³-hybridized carbons (Fsp3) is 0. The van der Waals surface area contributed by atoms with Crippen LogP contribution in [0, 0.1) is 10.1 Å². The van der Waals surface area contributed by atoms with E-state index in [4.69, 9.17) is 11.6 Å². The molecule has 0 saturated carbocycles. The van der Waals surface area contributed by atoms with Crippen molar-refractivity contribution in [2.24, 2.45) is 0 Å². The topological polar surface area (TPSA) is 92.6 Å². The lowest BCUT2D eigenvalue weighted by Crippen LogP contribution is -2.32. The van der Waals surface area contributed by atoms with Crippen molar-refractivity contribution in [2.75, 3.05) is 10.2 Å². The number of benzene rings is 2. The van der Waals surface area contributed by atoms with Crippen molar-refractivity contribution in [2.45, 2.75) is 0 Å². The van der Waals surface area contributed by atoms with Crippen molar-refractivity contribution in [3.8, 4) is 0 Å². The van der Waals surface area contributed by atoms with Crippen LogP contribution in [0.5, 0.6) is 0 Å². The highest BCUT2D eigenvalue weighted by Crippen LogP contribution is 2.30. The number of imide groups is 1. The second kappa shape index (κ2) is 6.13. The fourth-order valence-corrected chi connectivity index (χ4v) is 2.45. The van der Waals surface area contributed by atoms with Gasteiger partial charge in [-0.1, -0.05) is 29.8 Å². The highest BCUT2D eigenvalue weighted by Gasteiger charge is 2.39. The van der Waals surface area contributed by atoms with Gasteiger partial charge in [0.15, 0.2) is 0 Å². The summed E-state index contributed by atoms with van der Waals surface area (Å²) in [5.41, 5.74) is 0.640. The molecule has 2 aromatic rings. The van der Waals surface area contributed by atoms with Crippen molar-refractivity contribution in [3.05, 3.63) is 75.4 Å². The molecule has 120 valence electrons. The van der Waals surface area contributed by atoms with Gasteiger partial charge >= 0.3 is 0 Å². The standard InChI is InChI=1S/C16H10ClN3O4/c17-13-14(18-10-4-2-1-3-5-10)16(22)19(15(13)21)11-6-8-12(9-7-11)20(23)24/h1-9,18H. The second-order valence-electron chi connectivity index (χ2n) is 4.90. The number of nitro groups is 1. The molecular formula is C16H10ClN3O4. The maximum atomic E-state index is 12.5. The monoisotopic (exact) mass is 343 g/mol. The van der Waals surface area contributed by atoms with E-state index >= 15 is 0 Å². The number of nitro benzene ring substituents is 1. The van der Waals surface area contributed by atoms with Gasteiger partial charge in [0.25, 0.3) is 17.5 Å². The number of nitrogens with one attached hydrogen (secondary N) is 1. The lowest BCUT2D eigenvalue weighted by molar-refractivity contribution is -0.384. The summed E-state index contributed by atoms with van der Waals surface area (Å²) in [5, 5.41) is 13.3. The highest BCUT2D eigenvalue weighted by molar-refractivity contribution is 6.53. The number of nitrogens with zero attached hydrogens (tertiary/aromatic N) is 2. The molecule has 0 unspecified atom stereocenters. The first-order valence-corrected chi connectivity index (χ1v) is 7.22. The van der Waals surface area contributed by atoms with E-state index in [0.717, 1.165) is 4.90 Å². The van der Waals surface area contributed by atoms with Crippen molar-refractivity contribution in [3.63, 3.8) is 0 Å². The minimum Gasteiger partial charge on any atom is -0.350 e. The third-order valence-electron chi connectivity index (χ3n) is 3.39. The summed E-state index contributed by atoms with van der Waals surface area (Å²) >= 11 is 6.00. The molecule has 0 atom stereocenters. The molecule has 1 aliphatic rings. The van der Waals surface area contributed by atoms with Crippen LogP contribution in [0.25, 0.3) is 0 Å². The maximum Gasteiger partial charge on any atom is 0.283 e. The predicted molar refractivity (Wildman–Crippen MR) is 88.5 cm³/mol. The lowest BCUT2D eigenvalue weighted by atomic mass is 10.2. The molecule has 0 aliphatic carbocycles. The summed E-state index contributed by atoms with van der Waals surface area (Å²) in [6, 6.07) is 13.9. The Morgan fingerprint density at radius 3 is 2.17 bits per heavy atom. The van der Waals surface area contributed by atoms with Gasteiger partial charge < -0.3 is 5.32 Å². The summed E-state index contributed by atoms with van der Waals surface area (Å²) in [6.07, 6.45) is 0. The van der Waals surface area contributed by atoms with Crippen LogP contribution in [-0.4, -0.2) is 16.7 Å². The van der Waals surface area contributed by atoms with E-state index in [1.165, 1.54) is 24.3 Å². The molecule has 1 aliphatic heterocycles. The molecule has 24 heavy (non-hydrogen) atoms. The van der Waals surface area contributed by atoms with E-state index in [2.05, 4.69) is 5.32 Å². The van der Waals surface area contributed by atoms with Gasteiger partial charge in [-0.3, -0.25) is 19.7 Å². The van der Waals surface area contributed by atoms with Crippen molar-refractivity contribution < 1.29 is 14.5 Å². The van der Waals surface area contributed by atoms with Gasteiger partial charge in [-0.15, -0.1) is 0 Å². The molecule has 2 aromatic carbocycles. The van der Waals surface area contributed by atoms with E-state index < -0.39 is 16.7 Å². The molecule has 0 spiro atoms. The molecule has 8 heteroatoms. The summed E-state index contributed by atoms with van der Waals surface area (Å²) in [4.78, 5) is 35.8. The first-order valence-electron chi connectivity index (χ1n) is 6.84. The Bertz CT molecular complexity index is 863. The summed E-state index contributed by atoms with van der Waals surface area (Å²) in [6.45, 7) is 0. The maximum absolute atomic E-state index is 12.5. The number of carbonyl (C=O) groups is 2. The molecule has 0 bridgehead atoms. The number of rotatable bonds is 4. The van der Waals surface area contributed by atoms with Crippen LogP contribution < -0.4 is 10.2 Å². The Morgan fingerprint density at radius 1 is 0.958 bits per heavy atom. The summed E-state index contributed by atoms with van der Waals surface area (Å²) in [7, 11) is 0. The Labute approximate surface area is 141 Å². The number of amides is 2. The average molecular weight is 344 g/mol. The zero-order chi connectivity index (χ0) is 17.3. The Kier molecular flexibility index (Phi) is 4.01. The van der Waals surface area contributed by atoms with Gasteiger partial charge in [0.2, 0.25) is 0 Å². The van der Waals surface area contributed by atoms with E-state index in [1.807, 2.05) is 6.07 Å². The number of carbonyl (C=O) groups excluding carboxylic acids is 2. The number of non-ortho nitro benzene ring substituents is 1. The van der Waals surface area contributed by atoms with Crippen LogP contribution in [0.15, 0.2) is 65.3 Å². The third-order valence-corrected chi connectivity index (χ3v) is 3.74. The Morgan fingerprint density at radius 2 is 1.58 bits per heavy atom. The molecule has 0 aromatic heterocycles. The van der Waals surface area contributed by atoms with E-state index in [9.17, 15) is 19.7 Å². The zero-order valence-electron chi connectivity index (χ0n) is 12.1. The van der Waals surface area contributed by atoms with Crippen molar-refractivity contribution in [1.82, 2.24) is 0 Å².